The van der Waals surface area contributed by atoms with Gasteiger partial charge in [-0.1, -0.05) is 51.5 Å². The van der Waals surface area contributed by atoms with Gasteiger partial charge >= 0.3 is 12.0 Å². The standard InChI is InChI=1S/C31H47N3O6Si/c1-30(2,3)41(5,6)40-25-18-26-27(35)32-31(28(36)37)19-23(31)12-10-8-7-9-11-17-33(29(38)34(26)21-25)20-22-13-15-24(39-4)16-14-22/h10,12-16,23,25-26H,7-9,11,17-21H2,1-6H3,(H,32,35)(H,36,37)/b12-10-. The summed E-state index contributed by atoms with van der Waals surface area (Å²) in [4.78, 5) is 43.8. The largest absolute Gasteiger partial charge is 0.497 e. The molecule has 2 N–H and O–H groups in total. The molecule has 0 bridgehead atoms. The first kappa shape index (κ1) is 31.1. The molecule has 226 valence electrons. The molecule has 2 fully saturated rings. The van der Waals surface area contributed by atoms with Crippen LogP contribution in [-0.4, -0.2) is 79.0 Å². The second-order valence-electron chi connectivity index (χ2n) is 13.3. The Morgan fingerprint density at radius 1 is 1.15 bits per heavy atom. The van der Waals surface area contributed by atoms with Crippen LogP contribution in [-0.2, 0) is 20.6 Å². The van der Waals surface area contributed by atoms with Gasteiger partial charge in [0.05, 0.1) is 13.2 Å². The zero-order chi connectivity index (χ0) is 30.0. The molecule has 2 aliphatic heterocycles. The average molecular weight is 586 g/mol. The third kappa shape index (κ3) is 6.97. The molecule has 10 heteroatoms. The van der Waals surface area contributed by atoms with Crippen molar-refractivity contribution in [3.8, 4) is 5.75 Å². The minimum atomic E-state index is -2.18. The smallest absolute Gasteiger partial charge is 0.330 e. The predicted molar refractivity (Wildman–Crippen MR) is 160 cm³/mol. The lowest BCUT2D eigenvalue weighted by Crippen LogP contribution is -2.55. The maximum absolute atomic E-state index is 14.2. The molecule has 1 aromatic rings. The Hall–Kier alpha value is -2.85. The van der Waals surface area contributed by atoms with Gasteiger partial charge in [-0.15, -0.1) is 0 Å². The van der Waals surface area contributed by atoms with Gasteiger partial charge in [0.1, 0.15) is 17.3 Å². The molecular formula is C31H47N3O6Si. The quantitative estimate of drug-likeness (QED) is 0.352. The van der Waals surface area contributed by atoms with Crippen LogP contribution in [0.2, 0.25) is 18.1 Å². The monoisotopic (exact) mass is 585 g/mol. The van der Waals surface area contributed by atoms with E-state index in [9.17, 15) is 19.5 Å². The SMILES string of the molecule is COc1ccc(CN2CCCCC/C=C\C3CC3(C(=O)O)NC(=O)C3CC(O[Si](C)(C)C(C)(C)C)CN3C2=O)cc1. The van der Waals surface area contributed by atoms with Crippen LogP contribution in [0.25, 0.3) is 0 Å². The molecular weight excluding hydrogens is 538 g/mol. The van der Waals surface area contributed by atoms with Crippen molar-refractivity contribution in [3.05, 3.63) is 42.0 Å². The van der Waals surface area contributed by atoms with Crippen LogP contribution >= 0.6 is 0 Å². The molecule has 1 aromatic carbocycles. The molecule has 1 saturated heterocycles. The first-order valence-electron chi connectivity index (χ1n) is 14.9. The van der Waals surface area contributed by atoms with Crippen molar-refractivity contribution in [2.75, 3.05) is 20.2 Å². The Bertz CT molecular complexity index is 1150. The number of ether oxygens (including phenoxy) is 1. The fourth-order valence-electron chi connectivity index (χ4n) is 5.58. The van der Waals surface area contributed by atoms with Gasteiger partial charge in [-0.2, -0.15) is 0 Å². The Kier molecular flexibility index (Phi) is 9.23. The van der Waals surface area contributed by atoms with Gasteiger partial charge in [0.2, 0.25) is 5.91 Å². The van der Waals surface area contributed by atoms with E-state index < -0.39 is 31.8 Å². The molecule has 0 aromatic heterocycles. The summed E-state index contributed by atoms with van der Waals surface area (Å²) in [7, 11) is -0.560. The molecule has 3 aliphatic rings. The van der Waals surface area contributed by atoms with E-state index in [4.69, 9.17) is 9.16 Å². The third-order valence-electron chi connectivity index (χ3n) is 9.29. The van der Waals surface area contributed by atoms with Gasteiger partial charge in [0, 0.05) is 32.0 Å². The van der Waals surface area contributed by atoms with Crippen molar-refractivity contribution >= 4 is 26.2 Å². The van der Waals surface area contributed by atoms with E-state index in [1.165, 1.54) is 0 Å². The molecule has 1 saturated carbocycles. The highest BCUT2D eigenvalue weighted by molar-refractivity contribution is 6.74. The summed E-state index contributed by atoms with van der Waals surface area (Å²) in [6.45, 7) is 12.1. The predicted octanol–water partition coefficient (Wildman–Crippen LogP) is 5.17. The number of urea groups is 1. The first-order valence-corrected chi connectivity index (χ1v) is 17.8. The number of carbonyl (C=O) groups is 3. The van der Waals surface area contributed by atoms with Crippen LogP contribution in [0.4, 0.5) is 4.79 Å². The summed E-state index contributed by atoms with van der Waals surface area (Å²) >= 11 is 0. The van der Waals surface area contributed by atoms with E-state index in [1.807, 2.05) is 41.3 Å². The highest BCUT2D eigenvalue weighted by Crippen LogP contribution is 2.46. The topological polar surface area (TPSA) is 108 Å². The number of carboxylic acids is 1. The normalized spacial score (nSPS) is 28.6. The summed E-state index contributed by atoms with van der Waals surface area (Å²) in [5, 5.41) is 12.9. The number of amides is 3. The van der Waals surface area contributed by atoms with Crippen LogP contribution in [0.5, 0.6) is 5.75 Å². The number of allylic oxidation sites excluding steroid dienone is 1. The van der Waals surface area contributed by atoms with Gasteiger partial charge in [0.25, 0.3) is 0 Å². The summed E-state index contributed by atoms with van der Waals surface area (Å²) < 4.78 is 12.0. The summed E-state index contributed by atoms with van der Waals surface area (Å²) in [6, 6.07) is 6.65. The fourth-order valence-corrected chi connectivity index (χ4v) is 6.94. The van der Waals surface area contributed by atoms with E-state index >= 15 is 0 Å². The van der Waals surface area contributed by atoms with E-state index in [2.05, 4.69) is 39.2 Å². The molecule has 4 rings (SSSR count). The van der Waals surface area contributed by atoms with Gasteiger partial charge in [0.15, 0.2) is 8.32 Å². The number of rotatable bonds is 6. The first-order chi connectivity index (χ1) is 19.3. The van der Waals surface area contributed by atoms with Crippen molar-refractivity contribution in [3.63, 3.8) is 0 Å². The number of benzene rings is 1. The van der Waals surface area contributed by atoms with Crippen molar-refractivity contribution in [2.45, 2.75) is 102 Å². The number of nitrogens with one attached hydrogen (secondary N) is 1. The van der Waals surface area contributed by atoms with Gasteiger partial charge < -0.3 is 29.4 Å². The zero-order valence-electron chi connectivity index (χ0n) is 25.4. The highest BCUT2D eigenvalue weighted by Gasteiger charge is 2.61. The van der Waals surface area contributed by atoms with Crippen LogP contribution < -0.4 is 10.1 Å². The summed E-state index contributed by atoms with van der Waals surface area (Å²) in [5.41, 5.74) is -0.344. The second-order valence-corrected chi connectivity index (χ2v) is 18.1. The average Bonchev–Trinajstić information content (AvgIpc) is 3.44. The number of fused-ring (bicyclic) bond motifs is 2. The van der Waals surface area contributed by atoms with Gasteiger partial charge in [-0.3, -0.25) is 4.79 Å². The van der Waals surface area contributed by atoms with Crippen LogP contribution in [0.1, 0.15) is 64.9 Å². The summed E-state index contributed by atoms with van der Waals surface area (Å²) in [6.07, 6.45) is 7.96. The Morgan fingerprint density at radius 2 is 1.85 bits per heavy atom. The number of carboxylic acid groups (broad SMARTS) is 1. The lowest BCUT2D eigenvalue weighted by atomic mass is 10.1. The minimum Gasteiger partial charge on any atom is -0.497 e. The number of aliphatic carboxylic acids is 1. The third-order valence-corrected chi connectivity index (χ3v) is 13.8. The molecule has 0 radical (unpaired) electrons. The number of carbonyl (C=O) groups excluding carboxylic acids is 2. The minimum absolute atomic E-state index is 0.0305. The fraction of sp³-hybridized carbons (Fsp3) is 0.645. The van der Waals surface area contributed by atoms with E-state index in [1.54, 1.807) is 12.0 Å². The van der Waals surface area contributed by atoms with E-state index in [0.717, 1.165) is 37.0 Å². The summed E-state index contributed by atoms with van der Waals surface area (Å²) in [5.74, 6) is -0.948. The molecule has 4 atom stereocenters. The highest BCUT2D eigenvalue weighted by atomic mass is 28.4. The maximum Gasteiger partial charge on any atom is 0.330 e. The number of hydrogen-bond acceptors (Lipinski definition) is 5. The van der Waals surface area contributed by atoms with Crippen LogP contribution in [0, 0.1) is 5.92 Å². The molecule has 2 heterocycles. The second kappa shape index (κ2) is 12.2. The lowest BCUT2D eigenvalue weighted by Gasteiger charge is -2.38. The van der Waals surface area contributed by atoms with Crippen molar-refractivity contribution in [2.24, 2.45) is 5.92 Å². The molecule has 9 nitrogen and oxygen atoms in total. The number of hydrogen-bond donors (Lipinski definition) is 2. The Balaban J connectivity index is 1.64. The lowest BCUT2D eigenvalue weighted by molar-refractivity contribution is -0.144. The van der Waals surface area contributed by atoms with Crippen molar-refractivity contribution < 1.29 is 28.7 Å². The number of methoxy groups -OCH3 is 1. The molecule has 1 aliphatic carbocycles. The molecule has 41 heavy (non-hydrogen) atoms. The Labute approximate surface area is 245 Å². The van der Waals surface area contributed by atoms with E-state index in [0.29, 0.717) is 32.5 Å². The van der Waals surface area contributed by atoms with Gasteiger partial charge in [-0.25, -0.2) is 9.59 Å². The van der Waals surface area contributed by atoms with Crippen molar-refractivity contribution in [1.82, 2.24) is 15.1 Å². The molecule has 3 amide bonds. The molecule has 4 unspecified atom stereocenters. The number of nitrogens with zero attached hydrogens (tertiary/aromatic N) is 2. The Morgan fingerprint density at radius 3 is 2.49 bits per heavy atom. The van der Waals surface area contributed by atoms with Crippen LogP contribution in [0.15, 0.2) is 36.4 Å². The maximum atomic E-state index is 14.2. The zero-order valence-corrected chi connectivity index (χ0v) is 26.4. The van der Waals surface area contributed by atoms with Gasteiger partial charge in [-0.05, 0) is 61.5 Å². The van der Waals surface area contributed by atoms with Crippen LogP contribution in [0.3, 0.4) is 0 Å². The molecule has 0 spiro atoms. The van der Waals surface area contributed by atoms with E-state index in [-0.39, 0.29) is 23.1 Å². The van der Waals surface area contributed by atoms with Crippen molar-refractivity contribution in [1.29, 1.82) is 0 Å².